The van der Waals surface area contributed by atoms with Gasteiger partial charge < -0.3 is 4.74 Å². The average molecular weight is 300 g/mol. The number of pyridine rings is 1. The topological polar surface area (TPSA) is 82.8 Å². The Morgan fingerprint density at radius 3 is 3.16 bits per heavy atom. The van der Waals surface area contributed by atoms with Gasteiger partial charge in [0, 0.05) is 11.9 Å². The van der Waals surface area contributed by atoms with Crippen molar-refractivity contribution < 1.29 is 9.53 Å². The van der Waals surface area contributed by atoms with E-state index in [-0.39, 0.29) is 6.54 Å². The van der Waals surface area contributed by atoms with Crippen LogP contribution in [0.1, 0.15) is 5.56 Å². The second-order valence-electron chi connectivity index (χ2n) is 3.44. The van der Waals surface area contributed by atoms with Crippen LogP contribution in [0.3, 0.4) is 0 Å². The van der Waals surface area contributed by atoms with Crippen LogP contribution in [-0.2, 0) is 21.8 Å². The highest BCUT2D eigenvalue weighted by molar-refractivity contribution is 7.98. The monoisotopic (exact) mass is 299 g/mol. The molecule has 0 atom stereocenters. The molecule has 0 N–H and O–H groups in total. The standard InChI is InChI=1S/C10H10ClN5O2S/c1-18-8(17)5-16-10(13-14-15-16)19-6-7-3-2-4-12-9(7)11/h2-4H,5-6H2,1H3. The minimum Gasteiger partial charge on any atom is -0.468 e. The average Bonchev–Trinajstić information content (AvgIpc) is 2.85. The maximum atomic E-state index is 11.2. The van der Waals surface area contributed by atoms with Gasteiger partial charge >= 0.3 is 5.97 Å². The van der Waals surface area contributed by atoms with Crippen LogP contribution in [0.15, 0.2) is 23.5 Å². The van der Waals surface area contributed by atoms with Crippen LogP contribution in [0, 0.1) is 0 Å². The molecule has 0 bridgehead atoms. The smallest absolute Gasteiger partial charge is 0.327 e. The molecule has 0 amide bonds. The van der Waals surface area contributed by atoms with Gasteiger partial charge in [0.05, 0.1) is 7.11 Å². The van der Waals surface area contributed by atoms with E-state index < -0.39 is 5.97 Å². The Morgan fingerprint density at radius 1 is 1.58 bits per heavy atom. The Balaban J connectivity index is 2.02. The van der Waals surface area contributed by atoms with Gasteiger partial charge in [-0.25, -0.2) is 9.67 Å². The second kappa shape index (κ2) is 6.48. The summed E-state index contributed by atoms with van der Waals surface area (Å²) in [6.07, 6.45) is 1.62. The van der Waals surface area contributed by atoms with Gasteiger partial charge in [-0.05, 0) is 22.1 Å². The first kappa shape index (κ1) is 13.8. The molecule has 7 nitrogen and oxygen atoms in total. The minimum atomic E-state index is -0.409. The Bertz CT molecular complexity index is 577. The summed E-state index contributed by atoms with van der Waals surface area (Å²) in [5.74, 6) is 0.155. The van der Waals surface area contributed by atoms with Crippen LogP contribution in [0.2, 0.25) is 5.15 Å². The van der Waals surface area contributed by atoms with Crippen molar-refractivity contribution in [3.63, 3.8) is 0 Å². The van der Waals surface area contributed by atoms with Crippen LogP contribution >= 0.6 is 23.4 Å². The van der Waals surface area contributed by atoms with E-state index in [2.05, 4.69) is 25.2 Å². The molecular weight excluding hydrogens is 290 g/mol. The first-order chi connectivity index (χ1) is 9.20. The highest BCUT2D eigenvalue weighted by Gasteiger charge is 2.12. The van der Waals surface area contributed by atoms with Crippen molar-refractivity contribution in [3.05, 3.63) is 29.0 Å². The van der Waals surface area contributed by atoms with Gasteiger partial charge in [-0.2, -0.15) is 0 Å². The molecule has 9 heteroatoms. The van der Waals surface area contributed by atoms with Crippen molar-refractivity contribution in [2.24, 2.45) is 0 Å². The van der Waals surface area contributed by atoms with Gasteiger partial charge in [-0.1, -0.05) is 29.4 Å². The number of carbonyl (C=O) groups excluding carboxylic acids is 1. The lowest BCUT2D eigenvalue weighted by Gasteiger charge is -2.04. The van der Waals surface area contributed by atoms with Crippen LogP contribution in [0.25, 0.3) is 0 Å². The number of ether oxygens (including phenoxy) is 1. The lowest BCUT2D eigenvalue weighted by molar-refractivity contribution is -0.141. The molecule has 0 spiro atoms. The number of thioether (sulfide) groups is 1. The lowest BCUT2D eigenvalue weighted by Crippen LogP contribution is -2.13. The lowest BCUT2D eigenvalue weighted by atomic mass is 10.3. The molecule has 0 aromatic carbocycles. The Hall–Kier alpha value is -1.67. The molecule has 0 saturated carbocycles. The number of tetrazole rings is 1. The molecule has 2 aromatic heterocycles. The first-order valence-corrected chi connectivity index (χ1v) is 6.62. The van der Waals surface area contributed by atoms with E-state index in [9.17, 15) is 4.79 Å². The summed E-state index contributed by atoms with van der Waals surface area (Å²) in [5, 5.41) is 12.1. The molecule has 0 unspecified atom stereocenters. The van der Waals surface area contributed by atoms with Gasteiger partial charge in [-0.15, -0.1) is 5.10 Å². The zero-order valence-electron chi connectivity index (χ0n) is 9.99. The third-order valence-corrected chi connectivity index (χ3v) is 3.54. The maximum absolute atomic E-state index is 11.2. The van der Waals surface area contributed by atoms with E-state index in [1.807, 2.05) is 6.07 Å². The largest absolute Gasteiger partial charge is 0.468 e. The minimum absolute atomic E-state index is 0.0212. The molecule has 19 heavy (non-hydrogen) atoms. The number of aromatic nitrogens is 5. The predicted octanol–water partition coefficient (Wildman–Crippen LogP) is 1.19. The Morgan fingerprint density at radius 2 is 2.42 bits per heavy atom. The third kappa shape index (κ3) is 3.65. The van der Waals surface area contributed by atoms with E-state index in [0.29, 0.717) is 16.1 Å². The molecule has 100 valence electrons. The van der Waals surface area contributed by atoms with Crippen LogP contribution in [0.5, 0.6) is 0 Å². The first-order valence-electron chi connectivity index (χ1n) is 5.26. The molecule has 2 heterocycles. The Kier molecular flexibility index (Phi) is 4.69. The fourth-order valence-electron chi connectivity index (χ4n) is 1.26. The molecule has 0 fully saturated rings. The zero-order chi connectivity index (χ0) is 13.7. The molecule has 0 radical (unpaired) electrons. The van der Waals surface area contributed by atoms with E-state index in [1.165, 1.54) is 23.6 Å². The van der Waals surface area contributed by atoms with E-state index >= 15 is 0 Å². The SMILES string of the molecule is COC(=O)Cn1nnnc1SCc1cccnc1Cl. The van der Waals surface area contributed by atoms with E-state index in [4.69, 9.17) is 11.6 Å². The molecule has 2 rings (SSSR count). The highest BCUT2D eigenvalue weighted by atomic mass is 35.5. The summed E-state index contributed by atoms with van der Waals surface area (Å²) in [5.41, 5.74) is 0.877. The maximum Gasteiger partial charge on any atom is 0.327 e. The normalized spacial score (nSPS) is 10.4. The number of hydrogen-bond acceptors (Lipinski definition) is 7. The van der Waals surface area contributed by atoms with Crippen LogP contribution < -0.4 is 0 Å². The quantitative estimate of drug-likeness (QED) is 0.466. The summed E-state index contributed by atoms with van der Waals surface area (Å²) in [7, 11) is 1.31. The van der Waals surface area contributed by atoms with Crippen molar-refractivity contribution in [1.29, 1.82) is 0 Å². The number of hydrogen-bond donors (Lipinski definition) is 0. The van der Waals surface area contributed by atoms with Crippen molar-refractivity contribution in [2.75, 3.05) is 7.11 Å². The van der Waals surface area contributed by atoms with Crippen molar-refractivity contribution >= 4 is 29.3 Å². The fourth-order valence-corrected chi connectivity index (χ4v) is 2.38. The van der Waals surface area contributed by atoms with Crippen LogP contribution in [-0.4, -0.2) is 38.3 Å². The predicted molar refractivity (Wildman–Crippen MR) is 68.6 cm³/mol. The molecule has 0 aliphatic heterocycles. The van der Waals surface area contributed by atoms with Gasteiger partial charge in [0.2, 0.25) is 5.16 Å². The number of esters is 1. The number of carbonyl (C=O) groups is 1. The molecule has 0 aliphatic rings. The molecule has 2 aromatic rings. The fraction of sp³-hybridized carbons (Fsp3) is 0.300. The van der Waals surface area contributed by atoms with Gasteiger partial charge in [0.25, 0.3) is 0 Å². The molecular formula is C10H10ClN5O2S. The van der Waals surface area contributed by atoms with Crippen molar-refractivity contribution in [3.8, 4) is 0 Å². The van der Waals surface area contributed by atoms with Gasteiger partial charge in [0.1, 0.15) is 11.7 Å². The summed E-state index contributed by atoms with van der Waals surface area (Å²) < 4.78 is 5.94. The summed E-state index contributed by atoms with van der Waals surface area (Å²) in [6.45, 7) is -0.0212. The van der Waals surface area contributed by atoms with Crippen LogP contribution in [0.4, 0.5) is 0 Å². The van der Waals surface area contributed by atoms with Crippen molar-refractivity contribution in [1.82, 2.24) is 25.2 Å². The van der Waals surface area contributed by atoms with E-state index in [1.54, 1.807) is 12.3 Å². The van der Waals surface area contributed by atoms with Crippen molar-refractivity contribution in [2.45, 2.75) is 17.5 Å². The third-order valence-electron chi connectivity index (χ3n) is 2.20. The zero-order valence-corrected chi connectivity index (χ0v) is 11.6. The summed E-state index contributed by atoms with van der Waals surface area (Å²) in [6, 6.07) is 3.68. The Labute approximate surface area is 118 Å². The highest BCUT2D eigenvalue weighted by Crippen LogP contribution is 2.23. The molecule has 0 aliphatic carbocycles. The van der Waals surface area contributed by atoms with E-state index in [0.717, 1.165) is 5.56 Å². The van der Waals surface area contributed by atoms with Gasteiger partial charge in [-0.3, -0.25) is 4.79 Å². The summed E-state index contributed by atoms with van der Waals surface area (Å²) >= 11 is 7.32. The second-order valence-corrected chi connectivity index (χ2v) is 4.74. The summed E-state index contributed by atoms with van der Waals surface area (Å²) in [4.78, 5) is 15.2. The molecule has 0 saturated heterocycles. The number of nitrogens with zero attached hydrogens (tertiary/aromatic N) is 5. The number of rotatable bonds is 5. The van der Waals surface area contributed by atoms with Gasteiger partial charge in [0.15, 0.2) is 0 Å². The number of methoxy groups -OCH3 is 1. The number of halogens is 1.